The fraction of sp³-hybridized carbons (Fsp3) is 0.250. The van der Waals surface area contributed by atoms with Crippen molar-refractivity contribution < 1.29 is 31.4 Å². The molecule has 1 aromatic heterocycles. The molecular weight excluding hydrogens is 367 g/mol. The lowest BCUT2D eigenvalue weighted by atomic mass is 10.2. The summed E-state index contributed by atoms with van der Waals surface area (Å²) >= 11 is 6.78. The molecule has 0 bridgehead atoms. The van der Waals surface area contributed by atoms with Gasteiger partial charge in [-0.2, -0.15) is 17.6 Å². The SMILES string of the molecule is Fc1cc2c(cc1NCc1cnc(Cl)s1)OC(F)(F)C(F)(F)O2. The maximum Gasteiger partial charge on any atom is 0.507 e. The molecule has 0 unspecified atom stereocenters. The van der Waals surface area contributed by atoms with Gasteiger partial charge in [-0.3, -0.25) is 0 Å². The summed E-state index contributed by atoms with van der Waals surface area (Å²) in [6.07, 6.45) is -8.30. The third-order valence-corrected chi connectivity index (χ3v) is 3.94. The molecule has 0 atom stereocenters. The number of benzene rings is 1. The number of alkyl halides is 4. The van der Waals surface area contributed by atoms with E-state index in [1.54, 1.807) is 0 Å². The molecule has 0 spiro atoms. The van der Waals surface area contributed by atoms with Crippen LogP contribution in [0.15, 0.2) is 18.3 Å². The molecule has 11 heteroatoms. The van der Waals surface area contributed by atoms with Gasteiger partial charge in [0.2, 0.25) is 0 Å². The first-order chi connectivity index (χ1) is 10.7. The highest BCUT2D eigenvalue weighted by molar-refractivity contribution is 7.15. The van der Waals surface area contributed by atoms with Crippen LogP contribution in [0.1, 0.15) is 4.88 Å². The average molecular weight is 373 g/mol. The van der Waals surface area contributed by atoms with Crippen molar-refractivity contribution in [1.82, 2.24) is 4.98 Å². The standard InChI is InChI=1S/C12H6ClF5N2O2S/c13-10-20-4-5(23-10)3-19-7-2-9-8(1-6(7)14)21-11(15,16)12(17,18)22-9/h1-2,4,19H,3H2. The number of hydrogen-bond acceptors (Lipinski definition) is 5. The summed E-state index contributed by atoms with van der Waals surface area (Å²) in [4.78, 5) is 4.43. The molecule has 1 N–H and O–H groups in total. The highest BCUT2D eigenvalue weighted by Gasteiger charge is 2.66. The van der Waals surface area contributed by atoms with E-state index in [2.05, 4.69) is 19.8 Å². The Balaban J connectivity index is 1.84. The van der Waals surface area contributed by atoms with Crippen LogP contribution in [0.4, 0.5) is 27.6 Å². The Bertz CT molecular complexity index is 755. The van der Waals surface area contributed by atoms with Gasteiger partial charge in [0.25, 0.3) is 0 Å². The summed E-state index contributed by atoms with van der Waals surface area (Å²) in [5, 5.41) is 2.61. The lowest BCUT2D eigenvalue weighted by molar-refractivity contribution is -0.391. The highest BCUT2D eigenvalue weighted by Crippen LogP contribution is 2.48. The number of fused-ring (bicyclic) bond motifs is 1. The summed E-state index contributed by atoms with van der Waals surface area (Å²) in [6, 6.07) is 1.36. The summed E-state index contributed by atoms with van der Waals surface area (Å²) in [7, 11) is 0. The van der Waals surface area contributed by atoms with E-state index < -0.39 is 29.5 Å². The molecule has 124 valence electrons. The van der Waals surface area contributed by atoms with E-state index in [0.717, 1.165) is 17.4 Å². The van der Waals surface area contributed by atoms with Crippen molar-refractivity contribution in [3.63, 3.8) is 0 Å². The van der Waals surface area contributed by atoms with Crippen LogP contribution in [0.2, 0.25) is 4.47 Å². The number of halogens is 6. The average Bonchev–Trinajstić information content (AvgIpc) is 2.84. The molecule has 2 aromatic rings. The zero-order valence-electron chi connectivity index (χ0n) is 10.9. The van der Waals surface area contributed by atoms with Crippen LogP contribution in [-0.2, 0) is 6.54 Å². The molecule has 0 amide bonds. The Kier molecular flexibility index (Phi) is 3.75. The van der Waals surface area contributed by atoms with Gasteiger partial charge >= 0.3 is 12.2 Å². The van der Waals surface area contributed by atoms with Crippen LogP contribution >= 0.6 is 22.9 Å². The number of nitrogens with one attached hydrogen (secondary N) is 1. The van der Waals surface area contributed by atoms with Crippen LogP contribution in [0.25, 0.3) is 0 Å². The summed E-state index contributed by atoms with van der Waals surface area (Å²) in [6.45, 7) is 0.105. The summed E-state index contributed by atoms with van der Waals surface area (Å²) in [5.41, 5.74) is -0.224. The second-order valence-electron chi connectivity index (χ2n) is 4.45. The zero-order chi connectivity index (χ0) is 16.8. The third-order valence-electron chi connectivity index (χ3n) is 2.83. The van der Waals surface area contributed by atoms with Crippen LogP contribution in [0.5, 0.6) is 11.5 Å². The number of aromatic nitrogens is 1. The van der Waals surface area contributed by atoms with E-state index in [9.17, 15) is 22.0 Å². The number of ether oxygens (including phenoxy) is 2. The Morgan fingerprint density at radius 1 is 1.13 bits per heavy atom. The van der Waals surface area contributed by atoms with Crippen LogP contribution < -0.4 is 14.8 Å². The molecule has 4 nitrogen and oxygen atoms in total. The zero-order valence-corrected chi connectivity index (χ0v) is 12.5. The number of hydrogen-bond donors (Lipinski definition) is 1. The smallest absolute Gasteiger partial charge is 0.421 e. The number of rotatable bonds is 3. The maximum absolute atomic E-state index is 13.9. The normalized spacial score (nSPS) is 17.8. The first-order valence-electron chi connectivity index (χ1n) is 5.99. The van der Waals surface area contributed by atoms with Gasteiger partial charge in [-0.05, 0) is 0 Å². The Labute approximate surface area is 134 Å². The minimum atomic E-state index is -4.89. The number of thiazole rings is 1. The lowest BCUT2D eigenvalue weighted by Gasteiger charge is -2.32. The molecule has 1 aliphatic rings. The van der Waals surface area contributed by atoms with Gasteiger partial charge < -0.3 is 14.8 Å². The molecule has 0 fully saturated rings. The molecule has 3 rings (SSSR count). The number of anilines is 1. The van der Waals surface area contributed by atoms with Crippen molar-refractivity contribution in [2.75, 3.05) is 5.32 Å². The van der Waals surface area contributed by atoms with Crippen molar-refractivity contribution in [3.05, 3.63) is 33.5 Å². The summed E-state index contributed by atoms with van der Waals surface area (Å²) < 4.78 is 74.2. The molecule has 0 saturated heterocycles. The third kappa shape index (κ3) is 3.00. The van der Waals surface area contributed by atoms with Gasteiger partial charge in [0, 0.05) is 23.2 Å². The highest BCUT2D eigenvalue weighted by atomic mass is 35.5. The quantitative estimate of drug-likeness (QED) is 0.805. The predicted octanol–water partition coefficient (Wildman–Crippen LogP) is 4.50. The van der Waals surface area contributed by atoms with E-state index in [-0.39, 0.29) is 16.7 Å². The monoisotopic (exact) mass is 372 g/mol. The molecule has 1 aromatic carbocycles. The van der Waals surface area contributed by atoms with Crippen LogP contribution in [0, 0.1) is 5.82 Å². The van der Waals surface area contributed by atoms with E-state index in [1.165, 1.54) is 6.20 Å². The van der Waals surface area contributed by atoms with Gasteiger partial charge in [0.15, 0.2) is 16.0 Å². The molecule has 2 heterocycles. The molecular formula is C12H6ClF5N2O2S. The van der Waals surface area contributed by atoms with Crippen molar-refractivity contribution in [2.45, 2.75) is 18.8 Å². The molecule has 1 aliphatic heterocycles. The van der Waals surface area contributed by atoms with Gasteiger partial charge in [-0.1, -0.05) is 11.6 Å². The minimum Gasteiger partial charge on any atom is -0.421 e. The first-order valence-corrected chi connectivity index (χ1v) is 7.19. The van der Waals surface area contributed by atoms with Crippen molar-refractivity contribution in [1.29, 1.82) is 0 Å². The fourth-order valence-corrected chi connectivity index (χ4v) is 2.69. The second kappa shape index (κ2) is 5.38. The van der Waals surface area contributed by atoms with Crippen LogP contribution in [-0.4, -0.2) is 17.2 Å². The number of nitrogens with zero attached hydrogens (tertiary/aromatic N) is 1. The Morgan fingerprint density at radius 2 is 1.74 bits per heavy atom. The van der Waals surface area contributed by atoms with Gasteiger partial charge in [-0.15, -0.1) is 11.3 Å². The maximum atomic E-state index is 13.9. The van der Waals surface area contributed by atoms with Crippen molar-refractivity contribution >= 4 is 28.6 Å². The summed E-state index contributed by atoms with van der Waals surface area (Å²) in [5.74, 6) is -2.49. The van der Waals surface area contributed by atoms with Gasteiger partial charge in [-0.25, -0.2) is 9.37 Å². The predicted molar refractivity (Wildman–Crippen MR) is 72.0 cm³/mol. The van der Waals surface area contributed by atoms with E-state index in [0.29, 0.717) is 10.9 Å². The van der Waals surface area contributed by atoms with Crippen molar-refractivity contribution in [2.24, 2.45) is 0 Å². The van der Waals surface area contributed by atoms with Gasteiger partial charge in [0.05, 0.1) is 12.2 Å². The topological polar surface area (TPSA) is 43.4 Å². The molecule has 0 aliphatic carbocycles. The Morgan fingerprint density at radius 3 is 2.30 bits per heavy atom. The minimum absolute atomic E-state index is 0.105. The largest absolute Gasteiger partial charge is 0.507 e. The Hall–Kier alpha value is -1.81. The first kappa shape index (κ1) is 16.1. The van der Waals surface area contributed by atoms with Crippen LogP contribution in [0.3, 0.4) is 0 Å². The second-order valence-corrected chi connectivity index (χ2v) is 6.15. The van der Waals surface area contributed by atoms with E-state index in [4.69, 9.17) is 11.6 Å². The molecule has 0 saturated carbocycles. The lowest BCUT2D eigenvalue weighted by Crippen LogP contribution is -2.52. The molecule has 0 radical (unpaired) electrons. The fourth-order valence-electron chi connectivity index (χ4n) is 1.77. The van der Waals surface area contributed by atoms with E-state index in [1.807, 2.05) is 0 Å². The molecule has 23 heavy (non-hydrogen) atoms. The van der Waals surface area contributed by atoms with E-state index >= 15 is 0 Å². The van der Waals surface area contributed by atoms with Gasteiger partial charge in [0.1, 0.15) is 5.82 Å². The van der Waals surface area contributed by atoms with Crippen molar-refractivity contribution in [3.8, 4) is 11.5 Å².